The highest BCUT2D eigenvalue weighted by atomic mass is 19.4. The second kappa shape index (κ2) is 7.11. The number of hydrogen-bond donors (Lipinski definition) is 2. The second-order valence-corrected chi connectivity index (χ2v) is 4.98. The van der Waals surface area contributed by atoms with E-state index in [1.54, 1.807) is 30.3 Å². The van der Waals surface area contributed by atoms with Crippen LogP contribution in [0.25, 0.3) is 0 Å². The highest BCUT2D eigenvalue weighted by Gasteiger charge is 2.39. The molecule has 1 aromatic carbocycles. The van der Waals surface area contributed by atoms with E-state index in [0.717, 1.165) is 11.8 Å². The second-order valence-electron chi connectivity index (χ2n) is 4.98. The number of rotatable bonds is 6. The van der Waals surface area contributed by atoms with Gasteiger partial charge in [0.15, 0.2) is 0 Å². The van der Waals surface area contributed by atoms with Crippen LogP contribution in [-0.2, 0) is 6.42 Å². The van der Waals surface area contributed by atoms with Crippen molar-refractivity contribution < 1.29 is 18.1 Å². The van der Waals surface area contributed by atoms with Gasteiger partial charge in [-0.25, -0.2) is 4.98 Å². The number of nitrogens with one attached hydrogen (secondary N) is 1. The summed E-state index contributed by atoms with van der Waals surface area (Å²) in [6, 6.07) is 6.81. The molecule has 0 amide bonds. The third-order valence-electron chi connectivity index (χ3n) is 3.26. The number of benzene rings is 1. The van der Waals surface area contributed by atoms with E-state index < -0.39 is 34.6 Å². The lowest BCUT2D eigenvalue weighted by molar-refractivity contribution is -0.384. The van der Waals surface area contributed by atoms with Gasteiger partial charge in [-0.05, 0) is 18.4 Å². The van der Waals surface area contributed by atoms with Crippen LogP contribution in [0.3, 0.4) is 0 Å². The molecule has 3 N–H and O–H groups in total. The minimum absolute atomic E-state index is 0.195. The molecular weight excluding hydrogens is 327 g/mol. The maximum atomic E-state index is 13.2. The zero-order valence-corrected chi connectivity index (χ0v) is 12.3. The molecule has 10 heteroatoms. The number of aromatic nitrogens is 2. The summed E-state index contributed by atoms with van der Waals surface area (Å²) in [7, 11) is 0. The van der Waals surface area contributed by atoms with Gasteiger partial charge in [0.05, 0.1) is 4.92 Å². The summed E-state index contributed by atoms with van der Waals surface area (Å²) in [6.07, 6.45) is -3.81. The third kappa shape index (κ3) is 4.54. The normalized spacial score (nSPS) is 12.6. The molecule has 0 spiro atoms. The highest BCUT2D eigenvalue weighted by Crippen LogP contribution is 2.27. The average molecular weight is 341 g/mol. The Hall–Kier alpha value is -2.91. The third-order valence-corrected chi connectivity index (χ3v) is 3.26. The maximum Gasteiger partial charge on any atom is 0.408 e. The van der Waals surface area contributed by atoms with Gasteiger partial charge < -0.3 is 11.1 Å². The van der Waals surface area contributed by atoms with Crippen molar-refractivity contribution in [1.82, 2.24) is 9.97 Å². The predicted molar refractivity (Wildman–Crippen MR) is 81.3 cm³/mol. The van der Waals surface area contributed by atoms with Crippen LogP contribution in [0, 0.1) is 10.1 Å². The van der Waals surface area contributed by atoms with Gasteiger partial charge in [-0.1, -0.05) is 30.3 Å². The number of halogens is 3. The minimum atomic E-state index is -4.53. The van der Waals surface area contributed by atoms with E-state index in [2.05, 4.69) is 15.3 Å². The molecule has 0 radical (unpaired) electrons. The maximum absolute atomic E-state index is 13.2. The zero-order chi connectivity index (χ0) is 17.7. The van der Waals surface area contributed by atoms with Crippen molar-refractivity contribution in [3.63, 3.8) is 0 Å². The molecule has 0 fully saturated rings. The summed E-state index contributed by atoms with van der Waals surface area (Å²) in [4.78, 5) is 16.9. The minimum Gasteiger partial charge on any atom is -0.378 e. The van der Waals surface area contributed by atoms with Crippen LogP contribution in [-0.4, -0.2) is 27.1 Å². The highest BCUT2D eigenvalue weighted by molar-refractivity contribution is 5.53. The summed E-state index contributed by atoms with van der Waals surface area (Å²) in [5.41, 5.74) is 5.56. The first-order chi connectivity index (χ1) is 11.3. The van der Waals surface area contributed by atoms with Crippen LogP contribution >= 0.6 is 0 Å². The Labute approximate surface area is 134 Å². The number of nitrogen functional groups attached to an aromatic ring is 1. The lowest BCUT2D eigenvalue weighted by Gasteiger charge is -2.21. The molecule has 2 rings (SSSR count). The van der Waals surface area contributed by atoms with Crippen molar-refractivity contribution >= 4 is 17.5 Å². The molecule has 1 aromatic heterocycles. The lowest BCUT2D eigenvalue weighted by atomic mass is 10.1. The number of nitrogens with zero attached hydrogens (tertiary/aromatic N) is 3. The lowest BCUT2D eigenvalue weighted by Crippen LogP contribution is -2.37. The number of nitrogens with two attached hydrogens (primary N) is 1. The first kappa shape index (κ1) is 17.4. The summed E-state index contributed by atoms with van der Waals surface area (Å²) in [5.74, 6) is -0.907. The molecule has 0 aliphatic heterocycles. The topological polar surface area (TPSA) is 107 Å². The van der Waals surface area contributed by atoms with E-state index in [-0.39, 0.29) is 12.8 Å². The van der Waals surface area contributed by atoms with Crippen molar-refractivity contribution in [1.29, 1.82) is 0 Å². The molecule has 0 aliphatic carbocycles. The number of hydrogen-bond acceptors (Lipinski definition) is 6. The van der Waals surface area contributed by atoms with Crippen LogP contribution in [0.5, 0.6) is 0 Å². The predicted octanol–water partition coefficient (Wildman–Crippen LogP) is 2.94. The van der Waals surface area contributed by atoms with Crippen LogP contribution in [0.1, 0.15) is 12.0 Å². The quantitative estimate of drug-likeness (QED) is 0.618. The first-order valence-electron chi connectivity index (χ1n) is 6.91. The Balaban J connectivity index is 2.12. The molecule has 1 atom stereocenters. The molecule has 1 heterocycles. The number of alkyl halides is 3. The molecule has 0 aliphatic rings. The van der Waals surface area contributed by atoms with E-state index in [9.17, 15) is 23.3 Å². The Morgan fingerprint density at radius 2 is 1.96 bits per heavy atom. The standard InChI is InChI=1S/C14H14F3N5O2/c15-14(16,17)11(7-6-9-4-2-1-3-5-9)20-13-19-8-10(22(23)24)12(18)21-13/h1-5,8,11H,6-7H2,(H3,18,19,20,21)/t11-/m1/s1. The average Bonchev–Trinajstić information content (AvgIpc) is 2.51. The summed E-state index contributed by atoms with van der Waals surface area (Å²) < 4.78 is 39.5. The van der Waals surface area contributed by atoms with Crippen molar-refractivity contribution in [2.24, 2.45) is 0 Å². The monoisotopic (exact) mass is 341 g/mol. The molecule has 0 bridgehead atoms. The molecule has 0 saturated heterocycles. The summed E-state index contributed by atoms with van der Waals surface area (Å²) in [6.45, 7) is 0. The van der Waals surface area contributed by atoms with Crippen molar-refractivity contribution in [2.45, 2.75) is 25.1 Å². The van der Waals surface area contributed by atoms with Crippen LogP contribution < -0.4 is 11.1 Å². The SMILES string of the molecule is Nc1nc(N[C@H](CCc2ccccc2)C(F)(F)F)ncc1[N+](=O)[O-]. The van der Waals surface area contributed by atoms with Gasteiger partial charge in [-0.3, -0.25) is 10.1 Å². The summed E-state index contributed by atoms with van der Waals surface area (Å²) >= 11 is 0. The van der Waals surface area contributed by atoms with Gasteiger partial charge in [0.2, 0.25) is 11.8 Å². The Morgan fingerprint density at radius 1 is 1.29 bits per heavy atom. The van der Waals surface area contributed by atoms with Gasteiger partial charge in [-0.2, -0.15) is 18.2 Å². The van der Waals surface area contributed by atoms with E-state index in [4.69, 9.17) is 5.73 Å². The van der Waals surface area contributed by atoms with E-state index in [1.165, 1.54) is 0 Å². The van der Waals surface area contributed by atoms with Crippen molar-refractivity contribution in [3.8, 4) is 0 Å². The number of aryl methyl sites for hydroxylation is 1. The zero-order valence-electron chi connectivity index (χ0n) is 12.3. The molecule has 0 saturated carbocycles. The molecule has 7 nitrogen and oxygen atoms in total. The van der Waals surface area contributed by atoms with Crippen molar-refractivity contribution in [2.75, 3.05) is 11.1 Å². The number of nitro groups is 1. The Kier molecular flexibility index (Phi) is 5.17. The smallest absolute Gasteiger partial charge is 0.378 e. The van der Waals surface area contributed by atoms with Gasteiger partial charge in [0.1, 0.15) is 12.2 Å². The fourth-order valence-electron chi connectivity index (χ4n) is 2.03. The van der Waals surface area contributed by atoms with Gasteiger partial charge in [-0.15, -0.1) is 0 Å². The first-order valence-corrected chi connectivity index (χ1v) is 6.91. The molecule has 2 aromatic rings. The Morgan fingerprint density at radius 3 is 2.50 bits per heavy atom. The molecule has 0 unspecified atom stereocenters. The van der Waals surface area contributed by atoms with E-state index >= 15 is 0 Å². The number of anilines is 2. The van der Waals surface area contributed by atoms with Gasteiger partial charge in [0.25, 0.3) is 0 Å². The summed E-state index contributed by atoms with van der Waals surface area (Å²) in [5, 5.41) is 12.8. The Bertz CT molecular complexity index is 709. The van der Waals surface area contributed by atoms with Gasteiger partial charge >= 0.3 is 11.9 Å². The largest absolute Gasteiger partial charge is 0.408 e. The molecule has 24 heavy (non-hydrogen) atoms. The van der Waals surface area contributed by atoms with Crippen LogP contribution in [0.4, 0.5) is 30.6 Å². The van der Waals surface area contributed by atoms with Crippen molar-refractivity contribution in [3.05, 3.63) is 52.2 Å². The van der Waals surface area contributed by atoms with Gasteiger partial charge in [0, 0.05) is 0 Å². The van der Waals surface area contributed by atoms with E-state index in [0.29, 0.717) is 0 Å². The molecular formula is C14H14F3N5O2. The van der Waals surface area contributed by atoms with Crippen LogP contribution in [0.2, 0.25) is 0 Å². The fraction of sp³-hybridized carbons (Fsp3) is 0.286. The molecule has 128 valence electrons. The van der Waals surface area contributed by atoms with E-state index in [1.807, 2.05) is 0 Å². The fourth-order valence-corrected chi connectivity index (χ4v) is 2.03. The van der Waals surface area contributed by atoms with Crippen LogP contribution in [0.15, 0.2) is 36.5 Å².